The van der Waals surface area contributed by atoms with Crippen molar-refractivity contribution < 1.29 is 29.5 Å². The molecule has 3 rings (SSSR count). The molecular formula is C24H29N5O6. The number of amides is 5. The molecule has 1 aliphatic rings. The van der Waals surface area contributed by atoms with Gasteiger partial charge in [-0.2, -0.15) is 5.06 Å². The van der Waals surface area contributed by atoms with E-state index < -0.39 is 48.7 Å². The molecule has 2 aromatic rings. The molecule has 2 aromatic carbocycles. The molecule has 0 saturated carbocycles. The third kappa shape index (κ3) is 5.52. The molecule has 1 fully saturated rings. The molecule has 11 nitrogen and oxygen atoms in total. The number of carboxylic acid groups (broad SMARTS) is 1. The predicted molar refractivity (Wildman–Crippen MR) is 128 cm³/mol. The Balaban J connectivity index is 1.94. The van der Waals surface area contributed by atoms with Crippen LogP contribution in [0.5, 0.6) is 0 Å². The van der Waals surface area contributed by atoms with Crippen LogP contribution in [0.15, 0.2) is 48.5 Å². The fourth-order valence-corrected chi connectivity index (χ4v) is 3.88. The number of aryl methyl sites for hydroxylation is 2. The highest BCUT2D eigenvalue weighted by molar-refractivity contribution is 6.00. The van der Waals surface area contributed by atoms with Crippen molar-refractivity contribution in [1.82, 2.24) is 15.3 Å². The van der Waals surface area contributed by atoms with Gasteiger partial charge in [0, 0.05) is 11.4 Å². The third-order valence-electron chi connectivity index (χ3n) is 5.80. The summed E-state index contributed by atoms with van der Waals surface area (Å²) in [5, 5.41) is 25.1. The van der Waals surface area contributed by atoms with Gasteiger partial charge in [-0.05, 0) is 52.0 Å². The first kappa shape index (κ1) is 25.5. The standard InChI is InChI=1S/C24H29N5O6/c1-15-5-9-17(10-6-15)26-22(33)29(35)21-24(3,4)27(14-19(30)25-13-20(31)32)23(34)28(21)18-11-7-16(2)8-12-18/h5-12,21,35H,13-14H2,1-4H3,(H,25,30)(H,26,33)(H,31,32)/t21-/m1/s1. The van der Waals surface area contributed by atoms with Gasteiger partial charge >= 0.3 is 18.0 Å². The highest BCUT2D eigenvalue weighted by atomic mass is 16.5. The van der Waals surface area contributed by atoms with Crippen molar-refractivity contribution in [3.8, 4) is 0 Å². The summed E-state index contributed by atoms with van der Waals surface area (Å²) in [5.41, 5.74) is 1.55. The lowest BCUT2D eigenvalue weighted by molar-refractivity contribution is -0.138. The van der Waals surface area contributed by atoms with Crippen molar-refractivity contribution in [2.24, 2.45) is 0 Å². The largest absolute Gasteiger partial charge is 0.480 e. The van der Waals surface area contributed by atoms with Crippen molar-refractivity contribution in [2.45, 2.75) is 39.4 Å². The highest BCUT2D eigenvalue weighted by Crippen LogP contribution is 2.37. The van der Waals surface area contributed by atoms with Crippen molar-refractivity contribution in [2.75, 3.05) is 23.3 Å². The van der Waals surface area contributed by atoms with Crippen LogP contribution in [0.1, 0.15) is 25.0 Å². The minimum atomic E-state index is -1.25. The van der Waals surface area contributed by atoms with Crippen LogP contribution in [-0.4, -0.2) is 69.0 Å². The van der Waals surface area contributed by atoms with Crippen LogP contribution in [0.3, 0.4) is 0 Å². The van der Waals surface area contributed by atoms with Gasteiger partial charge in [-0.3, -0.25) is 19.7 Å². The van der Waals surface area contributed by atoms with Crippen molar-refractivity contribution in [3.05, 3.63) is 59.7 Å². The number of nitrogens with one attached hydrogen (secondary N) is 2. The molecule has 0 bridgehead atoms. The summed E-state index contributed by atoms with van der Waals surface area (Å²) >= 11 is 0. The van der Waals surface area contributed by atoms with Crippen molar-refractivity contribution >= 4 is 35.3 Å². The Labute approximate surface area is 202 Å². The van der Waals surface area contributed by atoms with Crippen molar-refractivity contribution in [1.29, 1.82) is 0 Å². The molecule has 1 saturated heterocycles. The van der Waals surface area contributed by atoms with E-state index in [-0.39, 0.29) is 0 Å². The van der Waals surface area contributed by atoms with Gasteiger partial charge in [0.2, 0.25) is 5.91 Å². The van der Waals surface area contributed by atoms with Crippen LogP contribution in [-0.2, 0) is 9.59 Å². The number of nitrogens with zero attached hydrogens (tertiary/aromatic N) is 3. The van der Waals surface area contributed by atoms with Gasteiger partial charge in [-0.15, -0.1) is 0 Å². The number of carbonyl (C=O) groups is 4. The maximum absolute atomic E-state index is 13.5. The number of anilines is 2. The molecule has 0 aliphatic carbocycles. The summed E-state index contributed by atoms with van der Waals surface area (Å²) in [5.74, 6) is -1.91. The zero-order valence-corrected chi connectivity index (χ0v) is 20.0. The van der Waals surface area contributed by atoms with E-state index in [1.54, 1.807) is 62.4 Å². The highest BCUT2D eigenvalue weighted by Gasteiger charge is 2.56. The Morgan fingerprint density at radius 2 is 1.54 bits per heavy atom. The molecule has 5 amide bonds. The van der Waals surface area contributed by atoms with E-state index in [2.05, 4.69) is 10.6 Å². The smallest absolute Gasteiger partial charge is 0.347 e. The van der Waals surface area contributed by atoms with E-state index in [4.69, 9.17) is 5.11 Å². The summed E-state index contributed by atoms with van der Waals surface area (Å²) in [6, 6.07) is 12.4. The molecule has 1 aliphatic heterocycles. The molecule has 0 radical (unpaired) electrons. The molecule has 1 heterocycles. The Morgan fingerprint density at radius 1 is 1.00 bits per heavy atom. The maximum Gasteiger partial charge on any atom is 0.347 e. The fourth-order valence-electron chi connectivity index (χ4n) is 3.88. The van der Waals surface area contributed by atoms with Gasteiger partial charge in [0.25, 0.3) is 0 Å². The topological polar surface area (TPSA) is 143 Å². The van der Waals surface area contributed by atoms with E-state index in [1.807, 2.05) is 13.8 Å². The second-order valence-electron chi connectivity index (χ2n) is 8.91. The van der Waals surface area contributed by atoms with Crippen LogP contribution in [0, 0.1) is 13.8 Å². The second-order valence-corrected chi connectivity index (χ2v) is 8.91. The number of carbonyl (C=O) groups excluding carboxylic acids is 3. The van der Waals surface area contributed by atoms with E-state index >= 15 is 0 Å². The molecule has 0 aromatic heterocycles. The van der Waals surface area contributed by atoms with Gasteiger partial charge < -0.3 is 20.6 Å². The number of carboxylic acids is 1. The Bertz CT molecular complexity index is 1120. The predicted octanol–water partition coefficient (Wildman–Crippen LogP) is 2.77. The lowest BCUT2D eigenvalue weighted by atomic mass is 9.99. The van der Waals surface area contributed by atoms with E-state index in [1.165, 1.54) is 9.80 Å². The molecule has 186 valence electrons. The second kappa shape index (κ2) is 10.0. The summed E-state index contributed by atoms with van der Waals surface area (Å²) in [4.78, 5) is 52.1. The number of rotatable bonds is 7. The molecule has 11 heteroatoms. The number of hydrogen-bond acceptors (Lipinski definition) is 5. The van der Waals surface area contributed by atoms with E-state index in [0.717, 1.165) is 11.1 Å². The molecule has 35 heavy (non-hydrogen) atoms. The Morgan fingerprint density at radius 3 is 2.09 bits per heavy atom. The maximum atomic E-state index is 13.5. The summed E-state index contributed by atoms with van der Waals surface area (Å²) in [7, 11) is 0. The number of urea groups is 2. The average Bonchev–Trinajstić information content (AvgIpc) is 2.99. The summed E-state index contributed by atoms with van der Waals surface area (Å²) in [6.07, 6.45) is -1.21. The molecule has 4 N–H and O–H groups in total. The van der Waals surface area contributed by atoms with Crippen LogP contribution in [0.2, 0.25) is 0 Å². The summed E-state index contributed by atoms with van der Waals surface area (Å²) in [6.45, 7) is 5.93. The van der Waals surface area contributed by atoms with Crippen LogP contribution < -0.4 is 15.5 Å². The monoisotopic (exact) mass is 483 g/mol. The van der Waals surface area contributed by atoms with E-state index in [9.17, 15) is 24.4 Å². The Kier molecular flexibility index (Phi) is 7.30. The molecular weight excluding hydrogens is 454 g/mol. The first-order valence-electron chi connectivity index (χ1n) is 10.9. The molecule has 1 atom stereocenters. The minimum absolute atomic E-state index is 0.411. The summed E-state index contributed by atoms with van der Waals surface area (Å²) < 4.78 is 0. The molecule has 0 unspecified atom stereocenters. The number of aliphatic carboxylic acids is 1. The normalized spacial score (nSPS) is 16.7. The molecule has 0 spiro atoms. The Hall–Kier alpha value is -4.12. The van der Waals surface area contributed by atoms with Crippen LogP contribution >= 0.6 is 0 Å². The van der Waals surface area contributed by atoms with Crippen molar-refractivity contribution in [3.63, 3.8) is 0 Å². The number of hydroxylamine groups is 2. The van der Waals surface area contributed by atoms with E-state index in [0.29, 0.717) is 16.4 Å². The zero-order chi connectivity index (χ0) is 25.9. The van der Waals surface area contributed by atoms with Gasteiger partial charge in [0.1, 0.15) is 13.1 Å². The lowest BCUT2D eigenvalue weighted by Crippen LogP contribution is -2.58. The van der Waals surface area contributed by atoms with Gasteiger partial charge in [-0.1, -0.05) is 35.4 Å². The first-order valence-corrected chi connectivity index (χ1v) is 10.9. The minimum Gasteiger partial charge on any atom is -0.480 e. The quantitative estimate of drug-likeness (QED) is 0.352. The average molecular weight is 484 g/mol. The van der Waals surface area contributed by atoms with Crippen LogP contribution in [0.25, 0.3) is 0 Å². The number of hydrogen-bond donors (Lipinski definition) is 4. The number of benzene rings is 2. The fraction of sp³-hybridized carbons (Fsp3) is 0.333. The third-order valence-corrected chi connectivity index (χ3v) is 5.80. The first-order chi connectivity index (χ1) is 16.4. The lowest BCUT2D eigenvalue weighted by Gasteiger charge is -2.38. The van der Waals surface area contributed by atoms with Crippen LogP contribution in [0.4, 0.5) is 21.0 Å². The van der Waals surface area contributed by atoms with Gasteiger partial charge in [-0.25, -0.2) is 9.59 Å². The SMILES string of the molecule is Cc1ccc(NC(=O)N(O)[C@H]2N(c3ccc(C)cc3)C(=O)N(CC(=O)NCC(=O)O)C2(C)C)cc1. The zero-order valence-electron chi connectivity index (χ0n) is 20.0. The van der Waals surface area contributed by atoms with Gasteiger partial charge in [0.15, 0.2) is 6.17 Å². The van der Waals surface area contributed by atoms with Gasteiger partial charge in [0.05, 0.1) is 5.54 Å².